The zero-order valence-electron chi connectivity index (χ0n) is 7.16. The summed E-state index contributed by atoms with van der Waals surface area (Å²) in [6.07, 6.45) is 0.806. The van der Waals surface area contributed by atoms with Gasteiger partial charge < -0.3 is 10.4 Å². The van der Waals surface area contributed by atoms with Gasteiger partial charge in [0.1, 0.15) is 0 Å². The summed E-state index contributed by atoms with van der Waals surface area (Å²) < 4.78 is 1.18. The van der Waals surface area contributed by atoms with Crippen LogP contribution in [0.2, 0.25) is 0 Å². The van der Waals surface area contributed by atoms with Crippen LogP contribution in [0.5, 0.6) is 0 Å². The van der Waals surface area contributed by atoms with Gasteiger partial charge in [-0.1, -0.05) is 0 Å². The van der Waals surface area contributed by atoms with E-state index in [1.165, 1.54) is 9.35 Å². The van der Waals surface area contributed by atoms with E-state index in [0.29, 0.717) is 5.92 Å². The van der Waals surface area contributed by atoms with Crippen molar-refractivity contribution in [2.45, 2.75) is 12.5 Å². The molecule has 1 aromatic heterocycles. The molecule has 0 radical (unpaired) electrons. The van der Waals surface area contributed by atoms with Crippen molar-refractivity contribution in [3.63, 3.8) is 0 Å². The van der Waals surface area contributed by atoms with E-state index in [1.807, 2.05) is 0 Å². The first-order valence-corrected chi connectivity index (χ1v) is 6.05. The fraction of sp³-hybridized carbons (Fsp3) is 0.556. The Morgan fingerprint density at radius 3 is 3.00 bits per heavy atom. The first-order chi connectivity index (χ1) is 6.27. The van der Waals surface area contributed by atoms with Crippen molar-refractivity contribution < 1.29 is 5.11 Å². The van der Waals surface area contributed by atoms with E-state index in [2.05, 4.69) is 32.7 Å². The molecule has 0 aromatic carbocycles. The van der Waals surface area contributed by atoms with Crippen LogP contribution in [0.25, 0.3) is 0 Å². The maximum absolute atomic E-state index is 9.61. The fourth-order valence-electron chi connectivity index (χ4n) is 1.64. The second-order valence-corrected chi connectivity index (χ2v) is 5.24. The van der Waals surface area contributed by atoms with Gasteiger partial charge in [0.2, 0.25) is 0 Å². The molecule has 13 heavy (non-hydrogen) atoms. The van der Waals surface area contributed by atoms with Gasteiger partial charge in [0.05, 0.1) is 6.10 Å². The Bertz CT molecular complexity index is 289. The lowest BCUT2D eigenvalue weighted by Gasteiger charge is -2.11. The van der Waals surface area contributed by atoms with Crippen molar-refractivity contribution in [3.05, 3.63) is 20.8 Å². The number of aliphatic hydroxyl groups is 1. The van der Waals surface area contributed by atoms with Crippen LogP contribution in [0, 0.1) is 5.92 Å². The number of hydrogen-bond donors (Lipinski definition) is 2. The second kappa shape index (κ2) is 4.09. The number of thiophene rings is 1. The van der Waals surface area contributed by atoms with E-state index in [9.17, 15) is 5.11 Å². The van der Waals surface area contributed by atoms with Crippen LogP contribution in [0.15, 0.2) is 15.9 Å². The Kier molecular flexibility index (Phi) is 3.03. The normalized spacial score (nSPS) is 28.2. The van der Waals surface area contributed by atoms with E-state index in [0.717, 1.165) is 19.5 Å². The zero-order valence-corrected chi connectivity index (χ0v) is 9.57. The van der Waals surface area contributed by atoms with Crippen LogP contribution in [0.3, 0.4) is 0 Å². The van der Waals surface area contributed by atoms with Crippen molar-refractivity contribution >= 4 is 27.3 Å². The molecule has 1 aliphatic heterocycles. The number of halogens is 1. The highest BCUT2D eigenvalue weighted by Gasteiger charge is 2.25. The molecule has 2 heterocycles. The molecule has 2 unspecified atom stereocenters. The van der Waals surface area contributed by atoms with E-state index in [4.69, 9.17) is 0 Å². The largest absolute Gasteiger partial charge is 0.391 e. The molecule has 2 rings (SSSR count). The Morgan fingerprint density at radius 2 is 2.46 bits per heavy atom. The Labute approximate surface area is 90.1 Å². The van der Waals surface area contributed by atoms with Gasteiger partial charge in [-0.2, -0.15) is 0 Å². The van der Waals surface area contributed by atoms with Gasteiger partial charge >= 0.3 is 0 Å². The van der Waals surface area contributed by atoms with Gasteiger partial charge in [-0.25, -0.2) is 0 Å². The summed E-state index contributed by atoms with van der Waals surface area (Å²) in [7, 11) is 0. The fourth-order valence-corrected chi connectivity index (χ4v) is 3.25. The monoisotopic (exact) mass is 261 g/mol. The van der Waals surface area contributed by atoms with Crippen molar-refractivity contribution in [1.29, 1.82) is 0 Å². The molecule has 2 nitrogen and oxygen atoms in total. The summed E-state index contributed by atoms with van der Waals surface area (Å²) >= 11 is 5.25. The predicted octanol–water partition coefficient (Wildman–Crippen LogP) is 1.63. The Hall–Kier alpha value is 0.100. The van der Waals surface area contributed by atoms with Crippen molar-refractivity contribution in [1.82, 2.24) is 5.32 Å². The van der Waals surface area contributed by atoms with Crippen LogP contribution >= 0.6 is 27.3 Å². The first kappa shape index (κ1) is 9.65. The van der Waals surface area contributed by atoms with Gasteiger partial charge in [-0.3, -0.25) is 0 Å². The summed E-state index contributed by atoms with van der Waals surface area (Å²) in [6, 6.07) is 2.06. The third-order valence-electron chi connectivity index (χ3n) is 2.44. The maximum atomic E-state index is 9.61. The number of rotatable bonds is 2. The second-order valence-electron chi connectivity index (χ2n) is 3.38. The van der Waals surface area contributed by atoms with Crippen LogP contribution < -0.4 is 5.32 Å². The predicted molar refractivity (Wildman–Crippen MR) is 58.1 cm³/mol. The van der Waals surface area contributed by atoms with Crippen molar-refractivity contribution in [2.75, 3.05) is 13.1 Å². The quantitative estimate of drug-likeness (QED) is 0.849. The molecule has 1 fully saturated rings. The number of hydrogen-bond acceptors (Lipinski definition) is 3. The van der Waals surface area contributed by atoms with Gasteiger partial charge in [-0.15, -0.1) is 11.3 Å². The lowest BCUT2D eigenvalue weighted by atomic mass is 10.0. The molecule has 0 bridgehead atoms. The average Bonchev–Trinajstić information content (AvgIpc) is 2.65. The molecule has 0 spiro atoms. The van der Waals surface area contributed by atoms with Crippen molar-refractivity contribution in [2.24, 2.45) is 5.92 Å². The molecular weight excluding hydrogens is 250 g/mol. The van der Waals surface area contributed by atoms with Gasteiger partial charge in [-0.05, 0) is 33.8 Å². The molecule has 1 saturated heterocycles. The lowest BCUT2D eigenvalue weighted by Crippen LogP contribution is -2.19. The summed E-state index contributed by atoms with van der Waals surface area (Å²) in [5.74, 6) is 0.384. The van der Waals surface area contributed by atoms with Crippen LogP contribution in [0.4, 0.5) is 0 Å². The summed E-state index contributed by atoms with van der Waals surface area (Å²) in [5.41, 5.74) is 0. The first-order valence-electron chi connectivity index (χ1n) is 4.38. The van der Waals surface area contributed by atoms with Crippen molar-refractivity contribution in [3.8, 4) is 0 Å². The molecular formula is C9H12BrNOS. The van der Waals surface area contributed by atoms with Gasteiger partial charge in [0.15, 0.2) is 0 Å². The molecule has 72 valence electrons. The van der Waals surface area contributed by atoms with Gasteiger partial charge in [0.25, 0.3) is 0 Å². The zero-order chi connectivity index (χ0) is 9.26. The van der Waals surface area contributed by atoms with E-state index in [1.54, 1.807) is 11.3 Å². The molecule has 2 atom stereocenters. The molecule has 1 aliphatic rings. The smallest absolute Gasteiger partial charge is 0.0708 e. The number of aliphatic hydroxyl groups excluding tert-OH is 1. The highest BCUT2D eigenvalue weighted by atomic mass is 79.9. The molecule has 4 heteroatoms. The number of nitrogens with one attached hydrogen (secondary N) is 1. The summed E-state index contributed by atoms with van der Waals surface area (Å²) in [6.45, 7) is 1.68. The third-order valence-corrected chi connectivity index (χ3v) is 4.39. The van der Waals surface area contributed by atoms with Crippen LogP contribution in [-0.4, -0.2) is 24.3 Å². The molecule has 0 aliphatic carbocycles. The minimum Gasteiger partial charge on any atom is -0.391 e. The topological polar surface area (TPSA) is 32.3 Å². The SMILES string of the molecule is OC1CNCC1Cc1sccc1Br. The van der Waals surface area contributed by atoms with E-state index >= 15 is 0 Å². The maximum Gasteiger partial charge on any atom is 0.0708 e. The van der Waals surface area contributed by atoms with Crippen LogP contribution in [0.1, 0.15) is 4.88 Å². The molecule has 2 N–H and O–H groups in total. The van der Waals surface area contributed by atoms with E-state index < -0.39 is 0 Å². The van der Waals surface area contributed by atoms with E-state index in [-0.39, 0.29) is 6.10 Å². The number of β-amino-alcohol motifs (C(OH)–C–C–N with tert-alkyl or cyclic N) is 1. The minimum absolute atomic E-state index is 0.172. The summed E-state index contributed by atoms with van der Waals surface area (Å²) in [5, 5.41) is 14.9. The average molecular weight is 262 g/mol. The molecule has 0 amide bonds. The Morgan fingerprint density at radius 1 is 1.62 bits per heavy atom. The highest BCUT2D eigenvalue weighted by molar-refractivity contribution is 9.10. The summed E-state index contributed by atoms with van der Waals surface area (Å²) in [4.78, 5) is 1.34. The standard InChI is InChI=1S/C9H12BrNOS/c10-7-1-2-13-9(7)3-6-4-11-5-8(6)12/h1-2,6,8,11-12H,3-5H2. The highest BCUT2D eigenvalue weighted by Crippen LogP contribution is 2.27. The molecule has 1 aromatic rings. The van der Waals surface area contributed by atoms with Gasteiger partial charge in [0, 0.05) is 28.4 Å². The minimum atomic E-state index is -0.172. The van der Waals surface area contributed by atoms with Crippen LogP contribution in [-0.2, 0) is 6.42 Å². The molecule has 0 saturated carbocycles. The Balaban J connectivity index is 2.01. The third kappa shape index (κ3) is 2.13. The lowest BCUT2D eigenvalue weighted by molar-refractivity contribution is 0.148.